The molecule has 0 radical (unpaired) electrons. The first kappa shape index (κ1) is 12.6. The lowest BCUT2D eigenvalue weighted by molar-refractivity contribution is 0.242. The van der Waals surface area contributed by atoms with Gasteiger partial charge in [0.05, 0.1) is 24.6 Å². The molecule has 2 aromatic rings. The molecule has 1 aromatic heterocycles. The van der Waals surface area contributed by atoms with Gasteiger partial charge >= 0.3 is 0 Å². The standard InChI is InChI=1S/C14H18N2O2/c1-10(2)18-12-5-3-11(4-6-12)13-9-15-14(16-13)7-8-17/h3-6,9-10,17H,7-8H2,1-2H3,(H,15,16). The molecule has 0 amide bonds. The van der Waals surface area contributed by atoms with Crippen LogP contribution in [0.25, 0.3) is 11.3 Å². The van der Waals surface area contributed by atoms with Gasteiger partial charge in [-0.25, -0.2) is 4.98 Å². The number of aromatic nitrogens is 2. The summed E-state index contributed by atoms with van der Waals surface area (Å²) in [7, 11) is 0. The van der Waals surface area contributed by atoms with Crippen LogP contribution in [0.5, 0.6) is 5.75 Å². The fourth-order valence-corrected chi connectivity index (χ4v) is 1.73. The Labute approximate surface area is 107 Å². The normalized spacial score (nSPS) is 10.9. The van der Waals surface area contributed by atoms with Gasteiger partial charge in [-0.15, -0.1) is 0 Å². The molecular weight excluding hydrogens is 228 g/mol. The Kier molecular flexibility index (Phi) is 3.99. The van der Waals surface area contributed by atoms with Crippen LogP contribution in [0.1, 0.15) is 19.7 Å². The van der Waals surface area contributed by atoms with Crippen LogP contribution in [0.15, 0.2) is 30.5 Å². The van der Waals surface area contributed by atoms with Crippen molar-refractivity contribution in [3.8, 4) is 17.0 Å². The van der Waals surface area contributed by atoms with E-state index in [-0.39, 0.29) is 12.7 Å². The molecule has 0 spiro atoms. The van der Waals surface area contributed by atoms with E-state index in [4.69, 9.17) is 9.84 Å². The maximum absolute atomic E-state index is 8.84. The van der Waals surface area contributed by atoms with Crippen molar-refractivity contribution in [2.75, 3.05) is 6.61 Å². The number of imidazole rings is 1. The van der Waals surface area contributed by atoms with Crippen molar-refractivity contribution < 1.29 is 9.84 Å². The maximum Gasteiger partial charge on any atom is 0.119 e. The number of H-pyrrole nitrogens is 1. The number of hydrogen-bond acceptors (Lipinski definition) is 3. The van der Waals surface area contributed by atoms with Gasteiger partial charge in [-0.1, -0.05) is 0 Å². The topological polar surface area (TPSA) is 58.1 Å². The molecule has 1 heterocycles. The maximum atomic E-state index is 8.84. The molecule has 0 bridgehead atoms. The predicted octanol–water partition coefficient (Wildman–Crippen LogP) is 2.40. The molecule has 1 aromatic carbocycles. The fourth-order valence-electron chi connectivity index (χ4n) is 1.73. The molecule has 4 heteroatoms. The molecule has 0 aliphatic carbocycles. The van der Waals surface area contributed by atoms with Crippen LogP contribution in [0.4, 0.5) is 0 Å². The summed E-state index contributed by atoms with van der Waals surface area (Å²) < 4.78 is 5.59. The minimum atomic E-state index is 0.105. The van der Waals surface area contributed by atoms with E-state index in [0.29, 0.717) is 6.42 Å². The number of nitrogens with one attached hydrogen (secondary N) is 1. The highest BCUT2D eigenvalue weighted by Gasteiger charge is 2.04. The molecule has 0 atom stereocenters. The fraction of sp³-hybridized carbons (Fsp3) is 0.357. The molecule has 96 valence electrons. The first-order valence-corrected chi connectivity index (χ1v) is 6.11. The van der Waals surface area contributed by atoms with Gasteiger partial charge in [0.15, 0.2) is 0 Å². The van der Waals surface area contributed by atoms with E-state index in [1.807, 2.05) is 38.1 Å². The molecule has 0 unspecified atom stereocenters. The Hall–Kier alpha value is -1.81. The molecule has 18 heavy (non-hydrogen) atoms. The van der Waals surface area contributed by atoms with Crippen molar-refractivity contribution in [3.05, 3.63) is 36.3 Å². The molecule has 0 aliphatic heterocycles. The lowest BCUT2D eigenvalue weighted by Gasteiger charge is -2.09. The zero-order valence-corrected chi connectivity index (χ0v) is 10.7. The van der Waals surface area contributed by atoms with E-state index in [2.05, 4.69) is 9.97 Å². The van der Waals surface area contributed by atoms with Crippen LogP contribution in [0.3, 0.4) is 0 Å². The van der Waals surface area contributed by atoms with Crippen molar-refractivity contribution in [1.82, 2.24) is 9.97 Å². The van der Waals surface area contributed by atoms with Crippen LogP contribution in [0, 0.1) is 0 Å². The molecule has 0 saturated heterocycles. The zero-order valence-electron chi connectivity index (χ0n) is 10.7. The highest BCUT2D eigenvalue weighted by Crippen LogP contribution is 2.21. The van der Waals surface area contributed by atoms with Crippen LogP contribution >= 0.6 is 0 Å². The second kappa shape index (κ2) is 5.69. The second-order valence-electron chi connectivity index (χ2n) is 4.41. The molecular formula is C14H18N2O2. The van der Waals surface area contributed by atoms with Gasteiger partial charge < -0.3 is 14.8 Å². The molecule has 4 nitrogen and oxygen atoms in total. The Balaban J connectivity index is 2.12. The number of ether oxygens (including phenoxy) is 1. The minimum absolute atomic E-state index is 0.105. The summed E-state index contributed by atoms with van der Waals surface area (Å²) in [5.74, 6) is 1.67. The summed E-state index contributed by atoms with van der Waals surface area (Å²) >= 11 is 0. The number of hydrogen-bond donors (Lipinski definition) is 2. The molecule has 2 N–H and O–H groups in total. The number of rotatable bonds is 5. The Bertz CT molecular complexity index is 489. The highest BCUT2D eigenvalue weighted by molar-refractivity contribution is 5.59. The van der Waals surface area contributed by atoms with Crippen LogP contribution in [0.2, 0.25) is 0 Å². The summed E-state index contributed by atoms with van der Waals surface area (Å²) in [6, 6.07) is 7.88. The summed E-state index contributed by atoms with van der Waals surface area (Å²) in [6.45, 7) is 4.11. The van der Waals surface area contributed by atoms with Crippen molar-refractivity contribution in [2.24, 2.45) is 0 Å². The van der Waals surface area contributed by atoms with Gasteiger partial charge in [-0.05, 0) is 43.7 Å². The average Bonchev–Trinajstić information content (AvgIpc) is 2.78. The van der Waals surface area contributed by atoms with Crippen LogP contribution < -0.4 is 4.74 Å². The molecule has 0 saturated carbocycles. The van der Waals surface area contributed by atoms with Crippen molar-refractivity contribution in [3.63, 3.8) is 0 Å². The number of aliphatic hydroxyl groups is 1. The number of aromatic amines is 1. The van der Waals surface area contributed by atoms with Gasteiger partial charge in [0.25, 0.3) is 0 Å². The van der Waals surface area contributed by atoms with E-state index in [0.717, 1.165) is 22.8 Å². The first-order valence-electron chi connectivity index (χ1n) is 6.11. The Morgan fingerprint density at radius 2 is 2.00 bits per heavy atom. The smallest absolute Gasteiger partial charge is 0.119 e. The molecule has 0 aliphatic rings. The van der Waals surface area contributed by atoms with Crippen molar-refractivity contribution in [2.45, 2.75) is 26.4 Å². The zero-order chi connectivity index (χ0) is 13.0. The van der Waals surface area contributed by atoms with E-state index in [1.54, 1.807) is 6.20 Å². The number of nitrogens with zero attached hydrogens (tertiary/aromatic N) is 1. The third-order valence-corrected chi connectivity index (χ3v) is 2.51. The monoisotopic (exact) mass is 246 g/mol. The Morgan fingerprint density at radius 3 is 2.61 bits per heavy atom. The SMILES string of the molecule is CC(C)Oc1ccc(-c2cnc(CCO)[nH]2)cc1. The van der Waals surface area contributed by atoms with Gasteiger partial charge in [0.1, 0.15) is 11.6 Å². The van der Waals surface area contributed by atoms with Gasteiger partial charge in [0, 0.05) is 6.42 Å². The largest absolute Gasteiger partial charge is 0.491 e. The summed E-state index contributed by atoms with van der Waals surface area (Å²) in [5, 5.41) is 8.84. The summed E-state index contributed by atoms with van der Waals surface area (Å²) in [4.78, 5) is 7.39. The highest BCUT2D eigenvalue weighted by atomic mass is 16.5. The predicted molar refractivity (Wildman–Crippen MR) is 70.6 cm³/mol. The molecule has 0 fully saturated rings. The third kappa shape index (κ3) is 3.11. The van der Waals surface area contributed by atoms with Gasteiger partial charge in [0.2, 0.25) is 0 Å². The van der Waals surface area contributed by atoms with Gasteiger partial charge in [-0.2, -0.15) is 0 Å². The lowest BCUT2D eigenvalue weighted by Crippen LogP contribution is -2.05. The average molecular weight is 246 g/mol. The van der Waals surface area contributed by atoms with E-state index < -0.39 is 0 Å². The summed E-state index contributed by atoms with van der Waals surface area (Å²) in [5.41, 5.74) is 2.01. The quantitative estimate of drug-likeness (QED) is 0.851. The lowest BCUT2D eigenvalue weighted by atomic mass is 10.1. The molecule has 2 rings (SSSR count). The number of benzene rings is 1. The third-order valence-electron chi connectivity index (χ3n) is 2.51. The van der Waals surface area contributed by atoms with Gasteiger partial charge in [-0.3, -0.25) is 0 Å². The van der Waals surface area contributed by atoms with Crippen molar-refractivity contribution in [1.29, 1.82) is 0 Å². The van der Waals surface area contributed by atoms with Crippen molar-refractivity contribution >= 4 is 0 Å². The van der Waals surface area contributed by atoms with Crippen LogP contribution in [-0.2, 0) is 6.42 Å². The first-order chi connectivity index (χ1) is 8.69. The van der Waals surface area contributed by atoms with E-state index >= 15 is 0 Å². The van der Waals surface area contributed by atoms with Crippen LogP contribution in [-0.4, -0.2) is 27.8 Å². The van der Waals surface area contributed by atoms with E-state index in [9.17, 15) is 0 Å². The minimum Gasteiger partial charge on any atom is -0.491 e. The Morgan fingerprint density at radius 1 is 1.28 bits per heavy atom. The van der Waals surface area contributed by atoms with E-state index in [1.165, 1.54) is 0 Å². The summed E-state index contributed by atoms with van der Waals surface area (Å²) in [6.07, 6.45) is 2.51. The second-order valence-corrected chi connectivity index (χ2v) is 4.41. The number of aliphatic hydroxyl groups excluding tert-OH is 1.